The molecule has 1 atom stereocenters. The molecule has 0 radical (unpaired) electrons. The van der Waals surface area contributed by atoms with Gasteiger partial charge in [0.25, 0.3) is 0 Å². The molecule has 154 valence electrons. The number of carbonyl (C=O) groups is 1. The highest BCUT2D eigenvalue weighted by Crippen LogP contribution is 2.31. The van der Waals surface area contributed by atoms with Gasteiger partial charge in [-0.25, -0.2) is 4.79 Å². The fourth-order valence-electron chi connectivity index (χ4n) is 3.87. The average molecular weight is 394 g/mol. The number of aryl methyl sites for hydroxylation is 2. The summed E-state index contributed by atoms with van der Waals surface area (Å²) in [6.07, 6.45) is 3.12. The number of hydrogen-bond acceptors (Lipinski definition) is 3. The Morgan fingerprint density at radius 3 is 2.55 bits per heavy atom. The van der Waals surface area contributed by atoms with Crippen molar-refractivity contribution in [2.24, 2.45) is 0 Å². The number of rotatable bonds is 9. The van der Waals surface area contributed by atoms with Gasteiger partial charge in [-0.15, -0.1) is 0 Å². The van der Waals surface area contributed by atoms with E-state index in [9.17, 15) is 4.79 Å². The third-order valence-corrected chi connectivity index (χ3v) is 5.27. The zero-order valence-electron chi connectivity index (χ0n) is 17.9. The standard InChI is InChI=1S/C25H31NO3/c1-5-10-18(3)29-21-13-14-23-22(17-21)24(25(27)28-6-2)19(4)26(23)16-15-20-11-8-7-9-12-20/h7-9,11-14,17-18H,5-6,10,15-16H2,1-4H3. The van der Waals surface area contributed by atoms with Crippen LogP contribution >= 0.6 is 0 Å². The number of carbonyl (C=O) groups excluding carboxylic acids is 1. The zero-order chi connectivity index (χ0) is 20.8. The predicted molar refractivity (Wildman–Crippen MR) is 118 cm³/mol. The average Bonchev–Trinajstić information content (AvgIpc) is 2.98. The summed E-state index contributed by atoms with van der Waals surface area (Å²) in [5.41, 5.74) is 3.90. The van der Waals surface area contributed by atoms with Crippen molar-refractivity contribution in [1.82, 2.24) is 4.57 Å². The molecule has 2 aromatic carbocycles. The van der Waals surface area contributed by atoms with E-state index in [1.807, 2.05) is 32.0 Å². The van der Waals surface area contributed by atoms with E-state index in [2.05, 4.69) is 48.7 Å². The number of aromatic nitrogens is 1. The molecule has 0 aliphatic heterocycles. The van der Waals surface area contributed by atoms with Crippen molar-refractivity contribution >= 4 is 16.9 Å². The molecule has 0 N–H and O–H groups in total. The first-order chi connectivity index (χ1) is 14.0. The first kappa shape index (κ1) is 21.0. The third-order valence-electron chi connectivity index (χ3n) is 5.27. The molecule has 0 saturated carbocycles. The van der Waals surface area contributed by atoms with Crippen LogP contribution in [0.25, 0.3) is 10.9 Å². The Kier molecular flexibility index (Phi) is 6.97. The van der Waals surface area contributed by atoms with Crippen LogP contribution in [0.5, 0.6) is 5.75 Å². The molecule has 3 rings (SSSR count). The molecule has 0 saturated heterocycles. The second kappa shape index (κ2) is 9.64. The van der Waals surface area contributed by atoms with Crippen molar-refractivity contribution < 1.29 is 14.3 Å². The van der Waals surface area contributed by atoms with Gasteiger partial charge < -0.3 is 14.0 Å². The highest BCUT2D eigenvalue weighted by Gasteiger charge is 2.21. The Balaban J connectivity index is 1.99. The minimum atomic E-state index is -0.271. The van der Waals surface area contributed by atoms with Crippen LogP contribution in [-0.4, -0.2) is 23.2 Å². The van der Waals surface area contributed by atoms with Crippen molar-refractivity contribution in [1.29, 1.82) is 0 Å². The van der Waals surface area contributed by atoms with Crippen molar-refractivity contribution in [2.75, 3.05) is 6.61 Å². The summed E-state index contributed by atoms with van der Waals surface area (Å²) in [6.45, 7) is 9.23. The maximum absolute atomic E-state index is 12.7. The van der Waals surface area contributed by atoms with Gasteiger partial charge in [0, 0.05) is 23.1 Å². The molecule has 0 fully saturated rings. The van der Waals surface area contributed by atoms with E-state index in [1.165, 1.54) is 5.56 Å². The molecule has 3 aromatic rings. The molecule has 0 aliphatic rings. The SMILES string of the molecule is CCCC(C)Oc1ccc2c(c1)c(C(=O)OCC)c(C)n2CCc1ccccc1. The topological polar surface area (TPSA) is 40.5 Å². The second-order valence-corrected chi connectivity index (χ2v) is 7.46. The van der Waals surface area contributed by atoms with Crippen LogP contribution in [0.2, 0.25) is 0 Å². The van der Waals surface area contributed by atoms with Gasteiger partial charge in [0.2, 0.25) is 0 Å². The van der Waals surface area contributed by atoms with Crippen LogP contribution in [-0.2, 0) is 17.7 Å². The highest BCUT2D eigenvalue weighted by atomic mass is 16.5. The summed E-state index contributed by atoms with van der Waals surface area (Å²) in [7, 11) is 0. The number of fused-ring (bicyclic) bond motifs is 1. The fraction of sp³-hybridized carbons (Fsp3) is 0.400. The normalized spacial score (nSPS) is 12.1. The van der Waals surface area contributed by atoms with E-state index in [0.29, 0.717) is 12.2 Å². The maximum atomic E-state index is 12.7. The van der Waals surface area contributed by atoms with Crippen LogP contribution in [0, 0.1) is 6.92 Å². The molecule has 29 heavy (non-hydrogen) atoms. The zero-order valence-corrected chi connectivity index (χ0v) is 17.9. The Hall–Kier alpha value is -2.75. The maximum Gasteiger partial charge on any atom is 0.340 e. The van der Waals surface area contributed by atoms with Gasteiger partial charge in [-0.05, 0) is 57.4 Å². The Bertz CT molecular complexity index is 959. The highest BCUT2D eigenvalue weighted by molar-refractivity contribution is 6.06. The van der Waals surface area contributed by atoms with E-state index in [0.717, 1.165) is 48.2 Å². The van der Waals surface area contributed by atoms with Gasteiger partial charge in [0.15, 0.2) is 0 Å². The molecule has 1 heterocycles. The van der Waals surface area contributed by atoms with Gasteiger partial charge in [-0.1, -0.05) is 43.7 Å². The van der Waals surface area contributed by atoms with Crippen molar-refractivity contribution in [2.45, 2.75) is 59.6 Å². The molecule has 0 amide bonds. The first-order valence-electron chi connectivity index (χ1n) is 10.6. The Labute approximate surface area is 173 Å². The molecule has 1 aromatic heterocycles. The monoisotopic (exact) mass is 393 g/mol. The summed E-state index contributed by atoms with van der Waals surface area (Å²) in [5.74, 6) is 0.524. The lowest BCUT2D eigenvalue weighted by molar-refractivity contribution is 0.0527. The minimum Gasteiger partial charge on any atom is -0.491 e. The van der Waals surface area contributed by atoms with E-state index in [1.54, 1.807) is 0 Å². The number of ether oxygens (including phenoxy) is 2. The number of hydrogen-bond donors (Lipinski definition) is 0. The lowest BCUT2D eigenvalue weighted by Gasteiger charge is -2.14. The molecule has 4 nitrogen and oxygen atoms in total. The summed E-state index contributed by atoms with van der Waals surface area (Å²) >= 11 is 0. The lowest BCUT2D eigenvalue weighted by atomic mass is 10.1. The smallest absolute Gasteiger partial charge is 0.340 e. The molecule has 0 aliphatic carbocycles. The van der Waals surface area contributed by atoms with Crippen LogP contribution in [0.1, 0.15) is 55.2 Å². The Morgan fingerprint density at radius 1 is 1.10 bits per heavy atom. The third kappa shape index (κ3) is 4.81. The van der Waals surface area contributed by atoms with Gasteiger partial charge >= 0.3 is 5.97 Å². The molecule has 4 heteroatoms. The molecular weight excluding hydrogens is 362 g/mol. The van der Waals surface area contributed by atoms with Crippen LogP contribution in [0.15, 0.2) is 48.5 Å². The van der Waals surface area contributed by atoms with Crippen molar-refractivity contribution in [3.05, 3.63) is 65.4 Å². The summed E-state index contributed by atoms with van der Waals surface area (Å²) in [5, 5.41) is 0.898. The van der Waals surface area contributed by atoms with Gasteiger partial charge in [-0.2, -0.15) is 0 Å². The number of nitrogens with zero attached hydrogens (tertiary/aromatic N) is 1. The van der Waals surface area contributed by atoms with Gasteiger partial charge in [-0.3, -0.25) is 0 Å². The minimum absolute atomic E-state index is 0.143. The first-order valence-corrected chi connectivity index (χ1v) is 10.6. The van der Waals surface area contributed by atoms with Gasteiger partial charge in [0.05, 0.1) is 18.3 Å². The molecular formula is C25H31NO3. The van der Waals surface area contributed by atoms with E-state index >= 15 is 0 Å². The second-order valence-electron chi connectivity index (χ2n) is 7.46. The largest absolute Gasteiger partial charge is 0.491 e. The Morgan fingerprint density at radius 2 is 1.86 bits per heavy atom. The van der Waals surface area contributed by atoms with E-state index < -0.39 is 0 Å². The van der Waals surface area contributed by atoms with Crippen LogP contribution in [0.4, 0.5) is 0 Å². The number of esters is 1. The summed E-state index contributed by atoms with van der Waals surface area (Å²) in [4.78, 5) is 12.7. The molecule has 1 unspecified atom stereocenters. The van der Waals surface area contributed by atoms with Crippen molar-refractivity contribution in [3.63, 3.8) is 0 Å². The molecule has 0 spiro atoms. The summed E-state index contributed by atoms with van der Waals surface area (Å²) < 4.78 is 13.7. The fourth-order valence-corrected chi connectivity index (χ4v) is 3.87. The predicted octanol–water partition coefficient (Wildman–Crippen LogP) is 5.94. The van der Waals surface area contributed by atoms with Crippen LogP contribution < -0.4 is 4.74 Å². The van der Waals surface area contributed by atoms with Crippen molar-refractivity contribution in [3.8, 4) is 5.75 Å². The quantitative estimate of drug-likeness (QED) is 0.423. The lowest BCUT2D eigenvalue weighted by Crippen LogP contribution is -2.11. The summed E-state index contributed by atoms with van der Waals surface area (Å²) in [6, 6.07) is 16.5. The molecule has 0 bridgehead atoms. The van der Waals surface area contributed by atoms with E-state index in [4.69, 9.17) is 9.47 Å². The van der Waals surface area contributed by atoms with E-state index in [-0.39, 0.29) is 12.1 Å². The van der Waals surface area contributed by atoms with Gasteiger partial charge in [0.1, 0.15) is 5.75 Å². The number of benzene rings is 2. The van der Waals surface area contributed by atoms with Crippen LogP contribution in [0.3, 0.4) is 0 Å².